The molecular formula is C20H25N3O2S. The lowest BCUT2D eigenvalue weighted by Gasteiger charge is -2.13. The lowest BCUT2D eigenvalue weighted by Crippen LogP contribution is -2.22. The number of thioether (sulfide) groups is 1. The number of carbonyl (C=O) groups excluding carboxylic acids is 2. The lowest BCUT2D eigenvalue weighted by molar-refractivity contribution is -0.115. The van der Waals surface area contributed by atoms with Gasteiger partial charge in [-0.15, -0.1) is 11.8 Å². The van der Waals surface area contributed by atoms with E-state index in [4.69, 9.17) is 0 Å². The van der Waals surface area contributed by atoms with Crippen LogP contribution in [-0.4, -0.2) is 23.6 Å². The van der Waals surface area contributed by atoms with Crippen LogP contribution in [0.5, 0.6) is 0 Å². The summed E-state index contributed by atoms with van der Waals surface area (Å²) in [6.45, 7) is 7.11. The average Bonchev–Trinajstić information content (AvgIpc) is 2.61. The van der Waals surface area contributed by atoms with Gasteiger partial charge in [-0.1, -0.05) is 19.1 Å². The molecule has 2 rings (SSSR count). The van der Waals surface area contributed by atoms with Gasteiger partial charge < -0.3 is 16.0 Å². The van der Waals surface area contributed by atoms with Gasteiger partial charge in [0.05, 0.1) is 5.25 Å². The molecule has 0 aliphatic carbocycles. The van der Waals surface area contributed by atoms with E-state index in [0.29, 0.717) is 0 Å². The SMILES string of the molecule is CCNCc1cccc(NC(=O)C(C)Sc2ccc(NC(C)=O)cc2)c1. The van der Waals surface area contributed by atoms with Crippen molar-refractivity contribution >= 4 is 35.0 Å². The van der Waals surface area contributed by atoms with Gasteiger partial charge in [-0.05, 0) is 55.4 Å². The van der Waals surface area contributed by atoms with Crippen LogP contribution in [0.15, 0.2) is 53.4 Å². The zero-order valence-corrected chi connectivity index (χ0v) is 16.2. The first-order valence-corrected chi connectivity index (χ1v) is 9.50. The first kappa shape index (κ1) is 20.0. The minimum absolute atomic E-state index is 0.0402. The van der Waals surface area contributed by atoms with Gasteiger partial charge in [0.25, 0.3) is 0 Å². The largest absolute Gasteiger partial charge is 0.326 e. The van der Waals surface area contributed by atoms with Crippen molar-refractivity contribution < 1.29 is 9.59 Å². The van der Waals surface area contributed by atoms with Crippen LogP contribution in [0.4, 0.5) is 11.4 Å². The Bertz CT molecular complexity index is 747. The normalized spacial score (nSPS) is 11.7. The highest BCUT2D eigenvalue weighted by molar-refractivity contribution is 8.00. The summed E-state index contributed by atoms with van der Waals surface area (Å²) in [6, 6.07) is 15.3. The first-order chi connectivity index (χ1) is 12.5. The Kier molecular flexibility index (Phi) is 7.69. The summed E-state index contributed by atoms with van der Waals surface area (Å²) >= 11 is 1.48. The molecule has 0 saturated carbocycles. The van der Waals surface area contributed by atoms with Crippen molar-refractivity contribution in [1.82, 2.24) is 5.32 Å². The Morgan fingerprint density at radius 2 is 1.77 bits per heavy atom. The fourth-order valence-corrected chi connectivity index (χ4v) is 3.22. The van der Waals surface area contributed by atoms with Crippen LogP contribution in [0.25, 0.3) is 0 Å². The number of hydrogen-bond acceptors (Lipinski definition) is 4. The van der Waals surface area contributed by atoms with Gasteiger partial charge >= 0.3 is 0 Å². The van der Waals surface area contributed by atoms with Gasteiger partial charge in [-0.2, -0.15) is 0 Å². The van der Waals surface area contributed by atoms with E-state index < -0.39 is 0 Å². The standard InChI is InChI=1S/C20H25N3O2S/c1-4-21-13-16-6-5-7-18(12-16)23-20(25)14(2)26-19-10-8-17(9-11-19)22-15(3)24/h5-12,14,21H,4,13H2,1-3H3,(H,22,24)(H,23,25). The summed E-state index contributed by atoms with van der Waals surface area (Å²) in [5, 5.41) is 8.74. The summed E-state index contributed by atoms with van der Waals surface area (Å²) in [5.41, 5.74) is 2.69. The van der Waals surface area contributed by atoms with Gasteiger partial charge in [0.2, 0.25) is 11.8 Å². The molecule has 2 aromatic rings. The van der Waals surface area contributed by atoms with Gasteiger partial charge in [-0.3, -0.25) is 9.59 Å². The summed E-state index contributed by atoms with van der Waals surface area (Å²) in [4.78, 5) is 24.5. The second-order valence-corrected chi connectivity index (χ2v) is 7.35. The third-order valence-electron chi connectivity index (χ3n) is 3.63. The van der Waals surface area contributed by atoms with Crippen LogP contribution in [-0.2, 0) is 16.1 Å². The second-order valence-electron chi connectivity index (χ2n) is 5.94. The molecule has 0 saturated heterocycles. The lowest BCUT2D eigenvalue weighted by atomic mass is 10.2. The van der Waals surface area contributed by atoms with Crippen LogP contribution in [0.3, 0.4) is 0 Å². The zero-order valence-electron chi connectivity index (χ0n) is 15.3. The molecule has 0 radical (unpaired) electrons. The number of amides is 2. The Balaban J connectivity index is 1.92. The van der Waals surface area contributed by atoms with Crippen LogP contribution in [0.2, 0.25) is 0 Å². The minimum Gasteiger partial charge on any atom is -0.326 e. The molecule has 0 aliphatic rings. The van der Waals surface area contributed by atoms with E-state index in [1.165, 1.54) is 18.7 Å². The zero-order chi connectivity index (χ0) is 18.9. The number of anilines is 2. The average molecular weight is 372 g/mol. The molecule has 0 spiro atoms. The molecule has 5 nitrogen and oxygen atoms in total. The summed E-state index contributed by atoms with van der Waals surface area (Å²) < 4.78 is 0. The highest BCUT2D eigenvalue weighted by Crippen LogP contribution is 2.25. The van der Waals surface area contributed by atoms with Crippen LogP contribution in [0.1, 0.15) is 26.3 Å². The van der Waals surface area contributed by atoms with Crippen molar-refractivity contribution in [1.29, 1.82) is 0 Å². The fraction of sp³-hybridized carbons (Fsp3) is 0.300. The van der Waals surface area contributed by atoms with Crippen molar-refractivity contribution in [2.75, 3.05) is 17.2 Å². The topological polar surface area (TPSA) is 70.2 Å². The molecule has 0 heterocycles. The molecular weight excluding hydrogens is 346 g/mol. The maximum Gasteiger partial charge on any atom is 0.237 e. The molecule has 6 heteroatoms. The Labute approximate surface area is 159 Å². The highest BCUT2D eigenvalue weighted by Gasteiger charge is 2.14. The molecule has 26 heavy (non-hydrogen) atoms. The minimum atomic E-state index is -0.237. The Hall–Kier alpha value is -2.31. The van der Waals surface area contributed by atoms with Crippen LogP contribution in [0, 0.1) is 0 Å². The van der Waals surface area contributed by atoms with E-state index >= 15 is 0 Å². The number of carbonyl (C=O) groups is 2. The van der Waals surface area contributed by atoms with Crippen LogP contribution < -0.4 is 16.0 Å². The summed E-state index contributed by atoms with van der Waals surface area (Å²) in [6.07, 6.45) is 0. The van der Waals surface area contributed by atoms with Gasteiger partial charge in [0.1, 0.15) is 0 Å². The van der Waals surface area contributed by atoms with Crippen molar-refractivity contribution in [3.8, 4) is 0 Å². The van der Waals surface area contributed by atoms with Gasteiger partial charge in [0, 0.05) is 29.7 Å². The van der Waals surface area contributed by atoms with Crippen molar-refractivity contribution in [3.05, 3.63) is 54.1 Å². The molecule has 2 aromatic carbocycles. The van der Waals surface area contributed by atoms with E-state index in [0.717, 1.165) is 34.9 Å². The van der Waals surface area contributed by atoms with E-state index in [-0.39, 0.29) is 17.1 Å². The number of hydrogen-bond donors (Lipinski definition) is 3. The maximum atomic E-state index is 12.4. The molecule has 0 bridgehead atoms. The molecule has 1 atom stereocenters. The van der Waals surface area contributed by atoms with Gasteiger partial charge in [-0.25, -0.2) is 0 Å². The molecule has 0 fully saturated rings. The molecule has 0 aromatic heterocycles. The van der Waals surface area contributed by atoms with E-state index in [2.05, 4.69) is 22.9 Å². The molecule has 2 amide bonds. The van der Waals surface area contributed by atoms with E-state index in [1.807, 2.05) is 55.5 Å². The smallest absolute Gasteiger partial charge is 0.237 e. The summed E-state index contributed by atoms with van der Waals surface area (Å²) in [5.74, 6) is -0.143. The Morgan fingerprint density at radius 1 is 1.04 bits per heavy atom. The molecule has 3 N–H and O–H groups in total. The Morgan fingerprint density at radius 3 is 2.42 bits per heavy atom. The monoisotopic (exact) mass is 371 g/mol. The predicted molar refractivity (Wildman–Crippen MR) is 109 cm³/mol. The second kappa shape index (κ2) is 9.99. The number of nitrogens with one attached hydrogen (secondary N) is 3. The van der Waals surface area contributed by atoms with Crippen molar-refractivity contribution in [2.45, 2.75) is 37.5 Å². The first-order valence-electron chi connectivity index (χ1n) is 8.62. The van der Waals surface area contributed by atoms with Gasteiger partial charge in [0.15, 0.2) is 0 Å². The number of benzene rings is 2. The molecule has 138 valence electrons. The molecule has 1 unspecified atom stereocenters. The third-order valence-corrected chi connectivity index (χ3v) is 4.74. The third kappa shape index (κ3) is 6.54. The van der Waals surface area contributed by atoms with E-state index in [9.17, 15) is 9.59 Å². The van der Waals surface area contributed by atoms with Crippen LogP contribution >= 0.6 is 11.8 Å². The molecule has 0 aliphatic heterocycles. The highest BCUT2D eigenvalue weighted by atomic mass is 32.2. The predicted octanol–water partition coefficient (Wildman–Crippen LogP) is 3.87. The van der Waals surface area contributed by atoms with Crippen molar-refractivity contribution in [2.24, 2.45) is 0 Å². The quantitative estimate of drug-likeness (QED) is 0.616. The van der Waals surface area contributed by atoms with Crippen molar-refractivity contribution in [3.63, 3.8) is 0 Å². The summed E-state index contributed by atoms with van der Waals surface area (Å²) in [7, 11) is 0. The number of rotatable bonds is 8. The maximum absolute atomic E-state index is 12.4. The fourth-order valence-electron chi connectivity index (χ4n) is 2.35. The van der Waals surface area contributed by atoms with E-state index in [1.54, 1.807) is 0 Å².